The quantitative estimate of drug-likeness (QED) is 0.662. The van der Waals surface area contributed by atoms with Crippen molar-refractivity contribution in [3.63, 3.8) is 0 Å². The summed E-state index contributed by atoms with van der Waals surface area (Å²) in [6.07, 6.45) is 1.09. The van der Waals surface area contributed by atoms with Crippen LogP contribution in [0.3, 0.4) is 0 Å². The summed E-state index contributed by atoms with van der Waals surface area (Å²) in [4.78, 5) is 6.47. The molecule has 0 saturated carbocycles. The lowest BCUT2D eigenvalue weighted by Crippen LogP contribution is -2.29. The third kappa shape index (κ3) is 0.960. The molecule has 2 aliphatic rings. The van der Waals surface area contributed by atoms with E-state index in [0.717, 1.165) is 30.2 Å². The van der Waals surface area contributed by atoms with Crippen LogP contribution in [-0.4, -0.2) is 17.6 Å². The summed E-state index contributed by atoms with van der Waals surface area (Å²) in [5, 5.41) is 3.87. The lowest BCUT2D eigenvalue weighted by Gasteiger charge is -2.29. The van der Waals surface area contributed by atoms with E-state index < -0.39 is 0 Å². The molecule has 1 N–H and O–H groups in total. The average molecular weight is 208 g/mol. The largest absolute Gasteiger partial charge is 0.360 e. The second kappa shape index (κ2) is 2.64. The number of fused-ring (bicyclic) bond motifs is 4. The summed E-state index contributed by atoms with van der Waals surface area (Å²) >= 11 is 5.84. The third-order valence-corrected chi connectivity index (χ3v) is 3.04. The van der Waals surface area contributed by atoms with Crippen LogP contribution in [0.15, 0.2) is 24.4 Å². The fourth-order valence-electron chi connectivity index (χ4n) is 2.10. The SMILES string of the molecule is C=C1C2CCN1c1ccc(Cl)nc1N2. The van der Waals surface area contributed by atoms with E-state index in [4.69, 9.17) is 11.6 Å². The van der Waals surface area contributed by atoms with Gasteiger partial charge in [-0.3, -0.25) is 0 Å². The van der Waals surface area contributed by atoms with Gasteiger partial charge in [0, 0.05) is 12.2 Å². The van der Waals surface area contributed by atoms with Crippen molar-refractivity contribution < 1.29 is 0 Å². The maximum atomic E-state index is 5.84. The van der Waals surface area contributed by atoms with E-state index >= 15 is 0 Å². The number of rotatable bonds is 0. The minimum absolute atomic E-state index is 0.341. The minimum atomic E-state index is 0.341. The molecule has 3 rings (SSSR count). The molecule has 0 amide bonds. The first kappa shape index (κ1) is 8.12. The van der Waals surface area contributed by atoms with Gasteiger partial charge in [0.1, 0.15) is 5.15 Å². The molecule has 2 aliphatic heterocycles. The molecule has 0 spiro atoms. The van der Waals surface area contributed by atoms with Gasteiger partial charge in [-0.25, -0.2) is 4.98 Å². The summed E-state index contributed by atoms with van der Waals surface area (Å²) in [6, 6.07) is 4.15. The lowest BCUT2D eigenvalue weighted by atomic mass is 10.2. The Bertz CT molecular complexity index is 416. The summed E-state index contributed by atoms with van der Waals surface area (Å²) in [6.45, 7) is 5.08. The van der Waals surface area contributed by atoms with Crippen molar-refractivity contribution in [1.82, 2.24) is 4.98 Å². The predicted octanol–water partition coefficient (Wildman–Crippen LogP) is 2.25. The molecule has 0 radical (unpaired) electrons. The molecule has 1 saturated heterocycles. The van der Waals surface area contributed by atoms with Gasteiger partial charge in [-0.2, -0.15) is 0 Å². The third-order valence-electron chi connectivity index (χ3n) is 2.83. The van der Waals surface area contributed by atoms with Gasteiger partial charge >= 0.3 is 0 Å². The van der Waals surface area contributed by atoms with Crippen LogP contribution < -0.4 is 10.2 Å². The van der Waals surface area contributed by atoms with Crippen molar-refractivity contribution in [2.24, 2.45) is 0 Å². The van der Waals surface area contributed by atoms with E-state index in [1.165, 1.54) is 0 Å². The van der Waals surface area contributed by atoms with E-state index in [2.05, 4.69) is 21.8 Å². The van der Waals surface area contributed by atoms with Gasteiger partial charge < -0.3 is 10.2 Å². The first-order chi connectivity index (χ1) is 6.75. The minimum Gasteiger partial charge on any atom is -0.360 e. The molecule has 14 heavy (non-hydrogen) atoms. The van der Waals surface area contributed by atoms with Gasteiger partial charge in [-0.1, -0.05) is 18.2 Å². The highest BCUT2D eigenvalue weighted by Gasteiger charge is 2.34. The number of pyridine rings is 1. The zero-order chi connectivity index (χ0) is 9.71. The highest BCUT2D eigenvalue weighted by atomic mass is 35.5. The fraction of sp³-hybridized carbons (Fsp3) is 0.300. The Labute approximate surface area is 87.4 Å². The Morgan fingerprint density at radius 2 is 2.43 bits per heavy atom. The monoisotopic (exact) mass is 207 g/mol. The van der Waals surface area contributed by atoms with Crippen molar-refractivity contribution in [2.75, 3.05) is 16.8 Å². The van der Waals surface area contributed by atoms with Crippen LogP contribution in [0.4, 0.5) is 11.5 Å². The number of hydrogen-bond acceptors (Lipinski definition) is 3. The molecular weight excluding hydrogens is 198 g/mol. The van der Waals surface area contributed by atoms with E-state index in [1.54, 1.807) is 0 Å². The predicted molar refractivity (Wildman–Crippen MR) is 57.8 cm³/mol. The van der Waals surface area contributed by atoms with Crippen LogP contribution in [0.25, 0.3) is 0 Å². The van der Waals surface area contributed by atoms with Gasteiger partial charge in [0.15, 0.2) is 5.82 Å². The Kier molecular flexibility index (Phi) is 1.53. The number of anilines is 2. The molecule has 4 heteroatoms. The van der Waals surface area contributed by atoms with E-state index in [0.29, 0.717) is 11.2 Å². The topological polar surface area (TPSA) is 28.2 Å². The van der Waals surface area contributed by atoms with Crippen molar-refractivity contribution in [3.05, 3.63) is 29.6 Å². The molecule has 0 aromatic carbocycles. The molecule has 3 heterocycles. The van der Waals surface area contributed by atoms with Gasteiger partial charge in [-0.05, 0) is 18.6 Å². The summed E-state index contributed by atoms with van der Waals surface area (Å²) in [5.41, 5.74) is 2.23. The maximum Gasteiger partial charge on any atom is 0.152 e. The van der Waals surface area contributed by atoms with Gasteiger partial charge in [0.25, 0.3) is 0 Å². The number of hydrogen-bond donors (Lipinski definition) is 1. The number of aromatic nitrogens is 1. The molecule has 72 valence electrons. The molecule has 3 nitrogen and oxygen atoms in total. The van der Waals surface area contributed by atoms with Crippen LogP contribution in [0.2, 0.25) is 5.15 Å². The van der Waals surface area contributed by atoms with Gasteiger partial charge in [-0.15, -0.1) is 0 Å². The van der Waals surface area contributed by atoms with Crippen LogP contribution in [0, 0.1) is 0 Å². The Morgan fingerprint density at radius 1 is 1.57 bits per heavy atom. The Hall–Kier alpha value is -1.22. The fourth-order valence-corrected chi connectivity index (χ4v) is 2.25. The second-order valence-electron chi connectivity index (χ2n) is 3.63. The van der Waals surface area contributed by atoms with Crippen LogP contribution in [-0.2, 0) is 0 Å². The first-order valence-electron chi connectivity index (χ1n) is 4.65. The van der Waals surface area contributed by atoms with Crippen LogP contribution in [0.5, 0.6) is 0 Å². The van der Waals surface area contributed by atoms with Crippen molar-refractivity contribution >= 4 is 23.1 Å². The highest BCUT2D eigenvalue weighted by Crippen LogP contribution is 2.39. The number of halogens is 1. The maximum absolute atomic E-state index is 5.84. The van der Waals surface area contributed by atoms with E-state index in [-0.39, 0.29) is 0 Å². The molecular formula is C10H10ClN3. The zero-order valence-corrected chi connectivity index (χ0v) is 8.38. The molecule has 2 bridgehead atoms. The summed E-state index contributed by atoms with van der Waals surface area (Å²) in [5.74, 6) is 0.882. The summed E-state index contributed by atoms with van der Waals surface area (Å²) < 4.78 is 0. The Morgan fingerprint density at radius 3 is 3.29 bits per heavy atom. The molecule has 1 unspecified atom stereocenters. The molecule has 1 fully saturated rings. The molecule has 1 aromatic rings. The Balaban J connectivity index is 2.16. The molecule has 1 aromatic heterocycles. The van der Waals surface area contributed by atoms with Crippen LogP contribution in [0.1, 0.15) is 6.42 Å². The average Bonchev–Trinajstić information content (AvgIpc) is 2.44. The molecule has 0 aliphatic carbocycles. The van der Waals surface area contributed by atoms with E-state index in [1.807, 2.05) is 12.1 Å². The smallest absolute Gasteiger partial charge is 0.152 e. The van der Waals surface area contributed by atoms with Gasteiger partial charge in [0.2, 0.25) is 0 Å². The standard InChI is InChI=1S/C10H10ClN3/c1-6-7-4-5-14(6)8-2-3-9(11)13-10(8)12-7/h2-3,7H,1,4-5H2,(H,12,13). The second-order valence-corrected chi connectivity index (χ2v) is 4.02. The number of nitrogens with one attached hydrogen (secondary N) is 1. The zero-order valence-electron chi connectivity index (χ0n) is 7.63. The molecule has 1 atom stereocenters. The first-order valence-corrected chi connectivity index (χ1v) is 5.03. The normalized spacial score (nSPS) is 23.4. The van der Waals surface area contributed by atoms with Crippen molar-refractivity contribution in [3.8, 4) is 0 Å². The van der Waals surface area contributed by atoms with Crippen LogP contribution >= 0.6 is 11.6 Å². The lowest BCUT2D eigenvalue weighted by molar-refractivity contribution is 0.855. The van der Waals surface area contributed by atoms with Crippen molar-refractivity contribution in [1.29, 1.82) is 0 Å². The van der Waals surface area contributed by atoms with Crippen molar-refractivity contribution in [2.45, 2.75) is 12.5 Å². The van der Waals surface area contributed by atoms with E-state index in [9.17, 15) is 0 Å². The summed E-state index contributed by atoms with van der Waals surface area (Å²) in [7, 11) is 0. The number of nitrogens with zero attached hydrogens (tertiary/aromatic N) is 2. The highest BCUT2D eigenvalue weighted by molar-refractivity contribution is 6.29. The van der Waals surface area contributed by atoms with Gasteiger partial charge in [0.05, 0.1) is 11.7 Å².